The third-order valence-corrected chi connectivity index (χ3v) is 17.2. The lowest BCUT2D eigenvalue weighted by atomic mass is 9.79. The Balaban J connectivity index is 1.01. The number of benzene rings is 8. The Morgan fingerprint density at radius 3 is 1.26 bits per heavy atom. The highest BCUT2D eigenvalue weighted by Crippen LogP contribution is 2.56. The van der Waals surface area contributed by atoms with Crippen LogP contribution in [0.25, 0.3) is 39.0 Å². The molecule has 0 bridgehead atoms. The van der Waals surface area contributed by atoms with E-state index in [0.717, 1.165) is 34.9 Å². The topological polar surface area (TPSA) is 6.48 Å². The van der Waals surface area contributed by atoms with E-state index in [1.807, 2.05) is 0 Å². The first kappa shape index (κ1) is 42.2. The van der Waals surface area contributed by atoms with Gasteiger partial charge in [-0.25, -0.2) is 0 Å². The molecule has 5 aliphatic rings. The number of halogens is 1. The quantitative estimate of drug-likeness (QED) is 0.164. The third-order valence-electron chi connectivity index (χ3n) is 17.0. The molecule has 0 N–H and O–H groups in total. The molecule has 2 nitrogen and oxygen atoms in total. The van der Waals surface area contributed by atoms with Crippen molar-refractivity contribution in [2.24, 2.45) is 0 Å². The maximum absolute atomic E-state index is 7.55. The maximum Gasteiger partial charge on any atom is 0.0563 e. The highest BCUT2D eigenvalue weighted by molar-refractivity contribution is 6.31. The molecular weight excluding hydrogens is 856 g/mol. The van der Waals surface area contributed by atoms with E-state index in [-0.39, 0.29) is 27.7 Å². The van der Waals surface area contributed by atoms with Gasteiger partial charge < -0.3 is 9.80 Å². The van der Waals surface area contributed by atoms with Crippen molar-refractivity contribution in [3.8, 4) is 33.4 Å². The Kier molecular flexibility index (Phi) is 8.93. The molecule has 13 rings (SSSR count). The summed E-state index contributed by atoms with van der Waals surface area (Å²) < 4.78 is 0. The number of allylic oxidation sites excluding steroid dienone is 2. The van der Waals surface area contributed by atoms with Crippen LogP contribution in [-0.2, 0) is 21.7 Å². The molecule has 0 radical (unpaired) electrons. The number of rotatable bonds is 6. The van der Waals surface area contributed by atoms with Gasteiger partial charge in [0.2, 0.25) is 0 Å². The van der Waals surface area contributed by atoms with Gasteiger partial charge in [0.1, 0.15) is 0 Å². The smallest absolute Gasteiger partial charge is 0.0563 e. The zero-order valence-electron chi connectivity index (χ0n) is 40.9. The SMILES string of the molecule is CC1(C)C2=CC(N(c3cc(Cl)cc(N(c4ccc5c(c4)C(C)(C)c4ccccc4-5)c4ccc5c(c4)C(C)(C)c4ccccc4-5)c3)c3ccc4c(c3)C(C)(C)c3ccccc3-4)CC=C2c2ccccc21. The molecule has 338 valence electrons. The minimum atomic E-state index is -0.166. The summed E-state index contributed by atoms with van der Waals surface area (Å²) in [5.41, 5.74) is 26.4. The van der Waals surface area contributed by atoms with Crippen LogP contribution in [0, 0.1) is 0 Å². The summed E-state index contributed by atoms with van der Waals surface area (Å²) in [6, 6.07) is 64.0. The van der Waals surface area contributed by atoms with Gasteiger partial charge in [0.05, 0.1) is 6.04 Å². The summed E-state index contributed by atoms with van der Waals surface area (Å²) in [6.45, 7) is 19.0. The van der Waals surface area contributed by atoms with E-state index in [9.17, 15) is 0 Å². The minimum absolute atomic E-state index is 0.0284. The van der Waals surface area contributed by atoms with Crippen LogP contribution in [-0.4, -0.2) is 6.04 Å². The molecule has 0 aliphatic heterocycles. The number of hydrogen-bond donors (Lipinski definition) is 0. The predicted molar refractivity (Wildman–Crippen MR) is 291 cm³/mol. The highest BCUT2D eigenvalue weighted by Gasteiger charge is 2.42. The van der Waals surface area contributed by atoms with E-state index in [4.69, 9.17) is 11.6 Å². The molecule has 0 heterocycles. The zero-order valence-corrected chi connectivity index (χ0v) is 41.6. The molecule has 1 atom stereocenters. The Labute approximate surface area is 413 Å². The van der Waals surface area contributed by atoms with Gasteiger partial charge in [-0.3, -0.25) is 0 Å². The van der Waals surface area contributed by atoms with Crippen LogP contribution in [0.15, 0.2) is 188 Å². The van der Waals surface area contributed by atoms with Crippen LogP contribution >= 0.6 is 11.6 Å². The zero-order chi connectivity index (χ0) is 47.4. The average Bonchev–Trinajstić information content (AvgIpc) is 3.91. The van der Waals surface area contributed by atoms with E-state index in [2.05, 4.69) is 247 Å². The Morgan fingerprint density at radius 2 is 0.768 bits per heavy atom. The first-order valence-electron chi connectivity index (χ1n) is 24.8. The fourth-order valence-corrected chi connectivity index (χ4v) is 13.6. The predicted octanol–water partition coefficient (Wildman–Crippen LogP) is 17.9. The Hall–Kier alpha value is -6.87. The molecule has 0 amide bonds. The molecule has 0 aromatic heterocycles. The van der Waals surface area contributed by atoms with E-state index in [1.54, 1.807) is 0 Å². The summed E-state index contributed by atoms with van der Waals surface area (Å²) >= 11 is 7.55. The van der Waals surface area contributed by atoms with Crippen molar-refractivity contribution in [1.29, 1.82) is 0 Å². The number of hydrogen-bond acceptors (Lipinski definition) is 2. The third kappa shape index (κ3) is 5.98. The van der Waals surface area contributed by atoms with E-state index >= 15 is 0 Å². The van der Waals surface area contributed by atoms with Crippen LogP contribution < -0.4 is 9.80 Å². The van der Waals surface area contributed by atoms with Crippen molar-refractivity contribution >= 4 is 45.6 Å². The van der Waals surface area contributed by atoms with Crippen molar-refractivity contribution in [2.45, 2.75) is 89.5 Å². The molecule has 5 aliphatic carbocycles. The number of nitrogens with zero attached hydrogens (tertiary/aromatic N) is 2. The lowest BCUT2D eigenvalue weighted by Gasteiger charge is -2.37. The fourth-order valence-electron chi connectivity index (χ4n) is 13.4. The van der Waals surface area contributed by atoms with E-state index < -0.39 is 0 Å². The van der Waals surface area contributed by atoms with Crippen molar-refractivity contribution in [2.75, 3.05) is 9.80 Å². The fraction of sp³-hybridized carbons (Fsp3) is 0.212. The second-order valence-corrected chi connectivity index (χ2v) is 22.7. The normalized spacial score (nSPS) is 18.4. The van der Waals surface area contributed by atoms with Gasteiger partial charge in [-0.1, -0.05) is 194 Å². The summed E-state index contributed by atoms with van der Waals surface area (Å²) in [5, 5.41) is 0.697. The van der Waals surface area contributed by atoms with Gasteiger partial charge in [0.25, 0.3) is 0 Å². The van der Waals surface area contributed by atoms with Crippen LogP contribution in [0.1, 0.15) is 106 Å². The van der Waals surface area contributed by atoms with Crippen LogP contribution in [0.2, 0.25) is 5.02 Å². The van der Waals surface area contributed by atoms with Gasteiger partial charge in [-0.15, -0.1) is 0 Å². The molecule has 0 saturated heterocycles. The Morgan fingerprint density at radius 1 is 0.377 bits per heavy atom. The van der Waals surface area contributed by atoms with Crippen LogP contribution in [0.3, 0.4) is 0 Å². The van der Waals surface area contributed by atoms with Crippen molar-refractivity contribution < 1.29 is 0 Å². The molecule has 0 fully saturated rings. The standard InChI is InChI=1S/C66H57ClN2/c1-63(2)55-21-13-9-17-47(55)51-29-25-41(36-59(51)63)68(42-26-30-52-48-18-10-14-22-56(48)64(3,4)60(52)37-42)45-33-40(67)34-46(35-45)69(43-27-31-53-49-19-11-15-23-57(49)65(5,6)61(53)38-43)44-28-32-54-50-20-12-16-24-58(50)66(7,8)62(54)39-44/h9-27,29-39,44H,28H2,1-8H3. The molecule has 0 saturated carbocycles. The second kappa shape index (κ2) is 14.6. The minimum Gasteiger partial charge on any atom is -0.334 e. The van der Waals surface area contributed by atoms with Crippen molar-refractivity contribution in [1.82, 2.24) is 0 Å². The monoisotopic (exact) mass is 912 g/mol. The number of anilines is 5. The lowest BCUT2D eigenvalue weighted by Crippen LogP contribution is -2.32. The summed E-state index contributed by atoms with van der Waals surface area (Å²) in [4.78, 5) is 5.04. The second-order valence-electron chi connectivity index (χ2n) is 22.2. The van der Waals surface area contributed by atoms with Gasteiger partial charge >= 0.3 is 0 Å². The molecule has 3 heteroatoms. The van der Waals surface area contributed by atoms with Gasteiger partial charge in [0, 0.05) is 55.1 Å². The summed E-state index contributed by atoms with van der Waals surface area (Å²) in [5.74, 6) is 0. The summed E-state index contributed by atoms with van der Waals surface area (Å²) in [6.07, 6.45) is 5.93. The molecule has 0 spiro atoms. The number of fused-ring (bicyclic) bond motifs is 12. The van der Waals surface area contributed by atoms with E-state index in [0.29, 0.717) is 5.02 Å². The van der Waals surface area contributed by atoms with Crippen molar-refractivity contribution in [3.05, 3.63) is 237 Å². The first-order chi connectivity index (χ1) is 33.1. The maximum atomic E-state index is 7.55. The molecule has 69 heavy (non-hydrogen) atoms. The van der Waals surface area contributed by atoms with Gasteiger partial charge in [-0.05, 0) is 150 Å². The first-order valence-corrected chi connectivity index (χ1v) is 25.2. The Bertz CT molecular complexity index is 3470. The lowest BCUT2D eigenvalue weighted by molar-refractivity contribution is 0.644. The van der Waals surface area contributed by atoms with Gasteiger partial charge in [0.15, 0.2) is 0 Å². The van der Waals surface area contributed by atoms with Crippen LogP contribution in [0.5, 0.6) is 0 Å². The van der Waals surface area contributed by atoms with Crippen molar-refractivity contribution in [3.63, 3.8) is 0 Å². The van der Waals surface area contributed by atoms with Crippen LogP contribution in [0.4, 0.5) is 28.4 Å². The molecule has 8 aromatic carbocycles. The molecule has 8 aromatic rings. The van der Waals surface area contributed by atoms with E-state index in [1.165, 1.54) is 89.0 Å². The van der Waals surface area contributed by atoms with Gasteiger partial charge in [-0.2, -0.15) is 0 Å². The largest absolute Gasteiger partial charge is 0.334 e. The highest BCUT2D eigenvalue weighted by atomic mass is 35.5. The molecule has 1 unspecified atom stereocenters. The summed E-state index contributed by atoms with van der Waals surface area (Å²) in [7, 11) is 0. The molecular formula is C66H57ClN2. The average molecular weight is 914 g/mol.